The number of aromatic nitrogens is 1. The molecule has 0 aliphatic carbocycles. The van der Waals surface area contributed by atoms with E-state index in [4.69, 9.17) is 0 Å². The maximum absolute atomic E-state index is 4.17. The van der Waals surface area contributed by atoms with E-state index in [1.165, 1.54) is 11.1 Å². The lowest BCUT2D eigenvalue weighted by molar-refractivity contribution is 1.20. The molecule has 1 heterocycles. The molecule has 0 atom stereocenters. The smallest absolute Gasteiger partial charge is 0.0378 e. The third-order valence-corrected chi connectivity index (χ3v) is 2.00. The summed E-state index contributed by atoms with van der Waals surface area (Å²) < 4.78 is 0. The molecule has 0 unspecified atom stereocenters. The van der Waals surface area contributed by atoms with Crippen molar-refractivity contribution in [1.29, 1.82) is 0 Å². The topological polar surface area (TPSA) is 12.9 Å². The standard InChI is InChI=1S/C12H11N/c1-10-9-12(7-8-13-10)11-5-3-2-4-6-11/h2-9H,1H3. The van der Waals surface area contributed by atoms with Gasteiger partial charge in [-0.25, -0.2) is 0 Å². The van der Waals surface area contributed by atoms with Gasteiger partial charge < -0.3 is 0 Å². The summed E-state index contributed by atoms with van der Waals surface area (Å²) in [6.07, 6.45) is 1.84. The van der Waals surface area contributed by atoms with Crippen molar-refractivity contribution in [1.82, 2.24) is 4.98 Å². The molecule has 0 aliphatic heterocycles. The van der Waals surface area contributed by atoms with Crippen LogP contribution in [0.4, 0.5) is 0 Å². The second kappa shape index (κ2) is 3.40. The predicted octanol–water partition coefficient (Wildman–Crippen LogP) is 3.06. The highest BCUT2D eigenvalue weighted by Crippen LogP contribution is 2.18. The van der Waals surface area contributed by atoms with Gasteiger partial charge in [-0.1, -0.05) is 30.3 Å². The minimum atomic E-state index is 1.06. The summed E-state index contributed by atoms with van der Waals surface area (Å²) in [6.45, 7) is 2.01. The van der Waals surface area contributed by atoms with Crippen LogP contribution in [0.3, 0.4) is 0 Å². The zero-order valence-corrected chi connectivity index (χ0v) is 7.57. The SMILES string of the molecule is Cc1cc(-c2ccccc2)ccn1. The number of benzene rings is 1. The molecular weight excluding hydrogens is 158 g/mol. The van der Waals surface area contributed by atoms with Gasteiger partial charge in [-0.15, -0.1) is 0 Å². The Balaban J connectivity index is 2.48. The first kappa shape index (κ1) is 7.99. The average molecular weight is 169 g/mol. The molecule has 0 spiro atoms. The maximum atomic E-state index is 4.17. The monoisotopic (exact) mass is 169 g/mol. The van der Waals surface area contributed by atoms with Crippen LogP contribution in [0, 0.1) is 6.92 Å². The molecule has 1 aromatic heterocycles. The van der Waals surface area contributed by atoms with Gasteiger partial charge in [0.15, 0.2) is 0 Å². The number of hydrogen-bond acceptors (Lipinski definition) is 1. The molecule has 64 valence electrons. The van der Waals surface area contributed by atoms with Gasteiger partial charge in [0.25, 0.3) is 0 Å². The van der Waals surface area contributed by atoms with E-state index in [9.17, 15) is 0 Å². The van der Waals surface area contributed by atoms with Crippen molar-refractivity contribution in [3.8, 4) is 11.1 Å². The Bertz CT molecular complexity index is 393. The quantitative estimate of drug-likeness (QED) is 0.639. The van der Waals surface area contributed by atoms with E-state index in [0.29, 0.717) is 0 Å². The van der Waals surface area contributed by atoms with Gasteiger partial charge in [-0.2, -0.15) is 0 Å². The lowest BCUT2D eigenvalue weighted by Gasteiger charge is -2.00. The van der Waals surface area contributed by atoms with E-state index in [0.717, 1.165) is 5.69 Å². The lowest BCUT2D eigenvalue weighted by Crippen LogP contribution is -1.81. The Morgan fingerprint density at radius 2 is 1.69 bits per heavy atom. The summed E-state index contributed by atoms with van der Waals surface area (Å²) in [4.78, 5) is 4.17. The molecule has 0 fully saturated rings. The van der Waals surface area contributed by atoms with Crippen molar-refractivity contribution in [3.05, 3.63) is 54.4 Å². The molecule has 0 bridgehead atoms. The van der Waals surface area contributed by atoms with E-state index < -0.39 is 0 Å². The van der Waals surface area contributed by atoms with Gasteiger partial charge in [-0.3, -0.25) is 4.98 Å². The van der Waals surface area contributed by atoms with Crippen LogP contribution in [-0.4, -0.2) is 4.98 Å². The van der Waals surface area contributed by atoms with Crippen molar-refractivity contribution in [3.63, 3.8) is 0 Å². The van der Waals surface area contributed by atoms with Crippen molar-refractivity contribution >= 4 is 0 Å². The molecule has 1 aromatic carbocycles. The fourth-order valence-corrected chi connectivity index (χ4v) is 1.36. The van der Waals surface area contributed by atoms with Crippen LogP contribution < -0.4 is 0 Å². The highest BCUT2D eigenvalue weighted by Gasteiger charge is 1.95. The number of hydrogen-bond donors (Lipinski definition) is 0. The van der Waals surface area contributed by atoms with Crippen LogP contribution in [0.2, 0.25) is 0 Å². The molecule has 1 nitrogen and oxygen atoms in total. The Hall–Kier alpha value is -1.63. The molecular formula is C12H11N. The number of aryl methyl sites for hydroxylation is 1. The van der Waals surface area contributed by atoms with E-state index in [2.05, 4.69) is 23.2 Å². The third-order valence-electron chi connectivity index (χ3n) is 2.00. The first-order chi connectivity index (χ1) is 6.36. The van der Waals surface area contributed by atoms with Crippen molar-refractivity contribution in [2.75, 3.05) is 0 Å². The Kier molecular flexibility index (Phi) is 2.09. The predicted molar refractivity (Wildman–Crippen MR) is 54.4 cm³/mol. The second-order valence-electron chi connectivity index (χ2n) is 3.05. The molecule has 0 saturated heterocycles. The van der Waals surface area contributed by atoms with Gasteiger partial charge in [0.05, 0.1) is 0 Å². The average Bonchev–Trinajstić information content (AvgIpc) is 2.19. The largest absolute Gasteiger partial charge is 0.262 e. The first-order valence-corrected chi connectivity index (χ1v) is 4.34. The van der Waals surface area contributed by atoms with Gasteiger partial charge in [0.2, 0.25) is 0 Å². The Morgan fingerprint density at radius 1 is 0.923 bits per heavy atom. The molecule has 0 aliphatic rings. The van der Waals surface area contributed by atoms with Crippen molar-refractivity contribution < 1.29 is 0 Å². The first-order valence-electron chi connectivity index (χ1n) is 4.34. The normalized spacial score (nSPS) is 9.92. The van der Waals surface area contributed by atoms with E-state index in [-0.39, 0.29) is 0 Å². The summed E-state index contributed by atoms with van der Waals surface area (Å²) >= 11 is 0. The number of pyridine rings is 1. The van der Waals surface area contributed by atoms with Crippen LogP contribution in [0.15, 0.2) is 48.7 Å². The molecule has 2 rings (SSSR count). The summed E-state index contributed by atoms with van der Waals surface area (Å²) in [5.74, 6) is 0. The molecule has 0 saturated carbocycles. The van der Waals surface area contributed by atoms with Crippen LogP contribution in [0.25, 0.3) is 11.1 Å². The van der Waals surface area contributed by atoms with E-state index in [1.54, 1.807) is 0 Å². The Morgan fingerprint density at radius 3 is 2.38 bits per heavy atom. The summed E-state index contributed by atoms with van der Waals surface area (Å²) in [6, 6.07) is 14.5. The summed E-state index contributed by atoms with van der Waals surface area (Å²) in [7, 11) is 0. The number of nitrogens with zero attached hydrogens (tertiary/aromatic N) is 1. The van der Waals surface area contributed by atoms with Crippen LogP contribution in [0.1, 0.15) is 5.69 Å². The molecule has 13 heavy (non-hydrogen) atoms. The second-order valence-corrected chi connectivity index (χ2v) is 3.05. The van der Waals surface area contributed by atoms with Crippen LogP contribution in [-0.2, 0) is 0 Å². The highest BCUT2D eigenvalue weighted by atomic mass is 14.6. The van der Waals surface area contributed by atoms with E-state index in [1.807, 2.05) is 37.4 Å². The van der Waals surface area contributed by atoms with Gasteiger partial charge in [-0.05, 0) is 30.2 Å². The van der Waals surface area contributed by atoms with Gasteiger partial charge in [0.1, 0.15) is 0 Å². The highest BCUT2D eigenvalue weighted by molar-refractivity contribution is 5.62. The maximum Gasteiger partial charge on any atom is 0.0378 e. The van der Waals surface area contributed by atoms with Crippen molar-refractivity contribution in [2.24, 2.45) is 0 Å². The minimum absolute atomic E-state index is 1.06. The van der Waals surface area contributed by atoms with E-state index >= 15 is 0 Å². The lowest BCUT2D eigenvalue weighted by atomic mass is 10.1. The number of rotatable bonds is 1. The molecule has 0 N–H and O–H groups in total. The molecule has 2 aromatic rings. The summed E-state index contributed by atoms with van der Waals surface area (Å²) in [5, 5.41) is 0. The van der Waals surface area contributed by atoms with Crippen LogP contribution >= 0.6 is 0 Å². The van der Waals surface area contributed by atoms with Crippen molar-refractivity contribution in [2.45, 2.75) is 6.92 Å². The summed E-state index contributed by atoms with van der Waals surface area (Å²) in [5.41, 5.74) is 3.53. The van der Waals surface area contributed by atoms with Gasteiger partial charge >= 0.3 is 0 Å². The van der Waals surface area contributed by atoms with Gasteiger partial charge in [0, 0.05) is 11.9 Å². The fraction of sp³-hybridized carbons (Fsp3) is 0.0833. The Labute approximate surface area is 78.1 Å². The third kappa shape index (κ3) is 1.75. The molecule has 0 amide bonds. The molecule has 1 heteroatoms. The zero-order valence-electron chi connectivity index (χ0n) is 7.57. The fourth-order valence-electron chi connectivity index (χ4n) is 1.36. The molecule has 0 radical (unpaired) electrons. The van der Waals surface area contributed by atoms with Crippen LogP contribution in [0.5, 0.6) is 0 Å². The zero-order chi connectivity index (χ0) is 9.10. The minimum Gasteiger partial charge on any atom is -0.262 e.